The fraction of sp³-hybridized carbons (Fsp3) is 0.286. The number of aliphatic imine (C=N–C) groups is 1. The van der Waals surface area contributed by atoms with Crippen LogP contribution in [0.25, 0.3) is 11.0 Å². The van der Waals surface area contributed by atoms with Gasteiger partial charge in [-0.25, -0.2) is 28.2 Å². The highest BCUT2D eigenvalue weighted by atomic mass is 19.4. The minimum atomic E-state index is -4.66. The number of carbonyl (C=O) groups excluding carboxylic acids is 1. The lowest BCUT2D eigenvalue weighted by molar-refractivity contribution is -0.124. The highest BCUT2D eigenvalue weighted by Crippen LogP contribution is 2.24. The molecule has 2 aromatic heterocycles. The van der Waals surface area contributed by atoms with E-state index in [1.54, 1.807) is 12.1 Å². The Balaban J connectivity index is 1.67. The summed E-state index contributed by atoms with van der Waals surface area (Å²) in [5.41, 5.74) is 6.66. The molecule has 10 nitrogen and oxygen atoms in total. The number of rotatable bonds is 5. The molecule has 0 aliphatic carbocycles. The average Bonchev–Trinajstić information content (AvgIpc) is 3.16. The van der Waals surface area contributed by atoms with Crippen LogP contribution in [0.1, 0.15) is 11.3 Å². The molecule has 3 heterocycles. The van der Waals surface area contributed by atoms with E-state index in [1.165, 1.54) is 34.1 Å². The van der Waals surface area contributed by atoms with E-state index >= 15 is 0 Å². The molecule has 15 heteroatoms. The summed E-state index contributed by atoms with van der Waals surface area (Å²) in [7, 11) is 1.42. The van der Waals surface area contributed by atoms with E-state index in [4.69, 9.17) is 15.9 Å². The molecule has 0 saturated carbocycles. The number of benzene rings is 1. The SMILES string of the molecule is CN1C(c2nn(Cc3ccccc3F)c3ncc(F)cc23)=NC(=N)C(OC(=O)NCC(F)(F)F)C1N. The molecule has 1 aromatic carbocycles. The highest BCUT2D eigenvalue weighted by Gasteiger charge is 2.38. The molecular weight excluding hydrogens is 491 g/mol. The third-order valence-electron chi connectivity index (χ3n) is 5.30. The number of hydrogen-bond acceptors (Lipinski definition) is 7. The standard InChI is InChI=1S/C21H19F5N8O2/c1-33-17(28)15(36-20(35)30-9-21(24,25)26)16(27)31-19(33)14-12-6-11(22)7-29-18(12)34(32-14)8-10-4-2-3-5-13(10)23/h2-7,15,17,27H,8-9,28H2,1H3,(H,30,35). The fourth-order valence-corrected chi connectivity index (χ4v) is 3.53. The molecule has 0 fully saturated rings. The second kappa shape index (κ2) is 9.49. The van der Waals surface area contributed by atoms with Crippen molar-refractivity contribution in [2.45, 2.75) is 25.0 Å². The van der Waals surface area contributed by atoms with Crippen molar-refractivity contribution in [2.75, 3.05) is 13.6 Å². The van der Waals surface area contributed by atoms with Gasteiger partial charge in [-0.2, -0.15) is 18.3 Å². The van der Waals surface area contributed by atoms with Gasteiger partial charge in [-0.1, -0.05) is 18.2 Å². The van der Waals surface area contributed by atoms with Crippen LogP contribution in [-0.4, -0.2) is 69.5 Å². The number of amides is 1. The summed E-state index contributed by atoms with van der Waals surface area (Å²) in [6.07, 6.45) is -7.87. The summed E-state index contributed by atoms with van der Waals surface area (Å²) in [5.74, 6) is -1.74. The third kappa shape index (κ3) is 5.10. The van der Waals surface area contributed by atoms with Crippen LogP contribution < -0.4 is 11.1 Å². The van der Waals surface area contributed by atoms with Gasteiger partial charge >= 0.3 is 12.3 Å². The predicted octanol–water partition coefficient (Wildman–Crippen LogP) is 2.37. The Morgan fingerprint density at radius 3 is 2.69 bits per heavy atom. The first-order valence-electron chi connectivity index (χ1n) is 10.4. The van der Waals surface area contributed by atoms with Crippen LogP contribution in [0.4, 0.5) is 26.7 Å². The average molecular weight is 510 g/mol. The molecule has 4 N–H and O–H groups in total. The summed E-state index contributed by atoms with van der Waals surface area (Å²) in [5, 5.41) is 14.3. The summed E-state index contributed by atoms with van der Waals surface area (Å²) < 4.78 is 71.5. The lowest BCUT2D eigenvalue weighted by atomic mass is 10.1. The first-order valence-corrected chi connectivity index (χ1v) is 10.4. The third-order valence-corrected chi connectivity index (χ3v) is 5.30. The molecule has 0 spiro atoms. The lowest BCUT2D eigenvalue weighted by Crippen LogP contribution is -2.59. The van der Waals surface area contributed by atoms with Crippen molar-refractivity contribution in [3.05, 3.63) is 59.4 Å². The van der Waals surface area contributed by atoms with E-state index < -0.39 is 48.6 Å². The van der Waals surface area contributed by atoms with Crippen molar-refractivity contribution in [2.24, 2.45) is 10.7 Å². The fourth-order valence-electron chi connectivity index (χ4n) is 3.53. The zero-order chi connectivity index (χ0) is 26.2. The van der Waals surface area contributed by atoms with Crippen molar-refractivity contribution < 1.29 is 31.5 Å². The molecule has 4 rings (SSSR count). The largest absolute Gasteiger partial charge is 0.434 e. The predicted molar refractivity (Wildman–Crippen MR) is 117 cm³/mol. The molecule has 0 radical (unpaired) electrons. The Labute approximate surface area is 200 Å². The van der Waals surface area contributed by atoms with Crippen LogP contribution in [0.5, 0.6) is 0 Å². The van der Waals surface area contributed by atoms with Gasteiger partial charge in [0.25, 0.3) is 0 Å². The number of nitrogens with zero attached hydrogens (tertiary/aromatic N) is 5. The first kappa shape index (κ1) is 25.0. The minimum absolute atomic E-state index is 0.00673. The minimum Gasteiger partial charge on any atom is -0.434 e. The van der Waals surface area contributed by atoms with Crippen LogP contribution in [0.2, 0.25) is 0 Å². The molecule has 36 heavy (non-hydrogen) atoms. The first-order chi connectivity index (χ1) is 16.9. The molecule has 1 amide bonds. The second-order valence-electron chi connectivity index (χ2n) is 7.84. The molecule has 190 valence electrons. The van der Waals surface area contributed by atoms with Gasteiger partial charge < -0.3 is 20.7 Å². The van der Waals surface area contributed by atoms with Crippen LogP contribution in [0.15, 0.2) is 41.5 Å². The number of alkyl carbamates (subject to hydrolysis) is 1. The number of nitrogens with two attached hydrogens (primary N) is 1. The zero-order valence-electron chi connectivity index (χ0n) is 18.6. The number of nitrogens with one attached hydrogen (secondary N) is 2. The van der Waals surface area contributed by atoms with Gasteiger partial charge in [0.05, 0.1) is 18.1 Å². The van der Waals surface area contributed by atoms with Gasteiger partial charge in [0, 0.05) is 12.6 Å². The Kier molecular flexibility index (Phi) is 6.58. The molecule has 1 aliphatic heterocycles. The van der Waals surface area contributed by atoms with Gasteiger partial charge in [-0.05, 0) is 12.1 Å². The quantitative estimate of drug-likeness (QED) is 0.451. The number of amidine groups is 2. The van der Waals surface area contributed by atoms with Gasteiger partial charge in [0.2, 0.25) is 0 Å². The van der Waals surface area contributed by atoms with Crippen molar-refractivity contribution in [3.63, 3.8) is 0 Å². The number of likely N-dealkylation sites (N-methyl/N-ethyl adjacent to an activating group) is 1. The maximum Gasteiger partial charge on any atom is 0.408 e. The number of ether oxygens (including phenoxy) is 1. The van der Waals surface area contributed by atoms with E-state index in [2.05, 4.69) is 15.1 Å². The second-order valence-corrected chi connectivity index (χ2v) is 7.84. The lowest BCUT2D eigenvalue weighted by Gasteiger charge is -2.36. The maximum absolute atomic E-state index is 14.2. The number of hydrogen-bond donors (Lipinski definition) is 3. The van der Waals surface area contributed by atoms with Crippen molar-refractivity contribution in [3.8, 4) is 0 Å². The Bertz CT molecular complexity index is 1360. The summed E-state index contributed by atoms with van der Waals surface area (Å²) >= 11 is 0. The van der Waals surface area contributed by atoms with Gasteiger partial charge in [-0.15, -0.1) is 0 Å². The van der Waals surface area contributed by atoms with E-state index in [-0.39, 0.29) is 29.1 Å². The molecule has 2 atom stereocenters. The smallest absolute Gasteiger partial charge is 0.408 e. The van der Waals surface area contributed by atoms with Crippen LogP contribution in [0, 0.1) is 17.0 Å². The number of halogens is 5. The number of aromatic nitrogens is 3. The van der Waals surface area contributed by atoms with E-state index in [1.807, 2.05) is 0 Å². The molecule has 0 bridgehead atoms. The molecule has 3 aromatic rings. The van der Waals surface area contributed by atoms with Gasteiger partial charge in [-0.3, -0.25) is 5.41 Å². The Morgan fingerprint density at radius 2 is 2.00 bits per heavy atom. The summed E-state index contributed by atoms with van der Waals surface area (Å²) in [6.45, 7) is -1.68. The van der Waals surface area contributed by atoms with Crippen molar-refractivity contribution in [1.29, 1.82) is 5.41 Å². The molecule has 0 saturated heterocycles. The van der Waals surface area contributed by atoms with E-state index in [0.29, 0.717) is 5.56 Å². The topological polar surface area (TPSA) is 135 Å². The van der Waals surface area contributed by atoms with Crippen molar-refractivity contribution >= 4 is 28.8 Å². The number of carbonyl (C=O) groups is 1. The normalized spacial score (nSPS) is 18.4. The number of fused-ring (bicyclic) bond motifs is 1. The van der Waals surface area contributed by atoms with Gasteiger partial charge in [0.1, 0.15) is 30.0 Å². The molecule has 1 aliphatic rings. The summed E-state index contributed by atoms with van der Waals surface area (Å²) in [6, 6.07) is 7.14. The number of alkyl halides is 3. The zero-order valence-corrected chi connectivity index (χ0v) is 18.6. The monoisotopic (exact) mass is 510 g/mol. The number of pyridine rings is 1. The van der Waals surface area contributed by atoms with Crippen LogP contribution in [-0.2, 0) is 11.3 Å². The van der Waals surface area contributed by atoms with E-state index in [9.17, 15) is 26.7 Å². The van der Waals surface area contributed by atoms with E-state index in [0.717, 1.165) is 12.3 Å². The van der Waals surface area contributed by atoms with Gasteiger partial charge in [0.15, 0.2) is 23.4 Å². The Hall–Kier alpha value is -4.14. The maximum atomic E-state index is 14.2. The molecular formula is C21H19F5N8O2. The highest BCUT2D eigenvalue weighted by molar-refractivity contribution is 6.13. The van der Waals surface area contributed by atoms with Crippen LogP contribution in [0.3, 0.4) is 0 Å². The van der Waals surface area contributed by atoms with Crippen molar-refractivity contribution in [1.82, 2.24) is 25.0 Å². The van der Waals surface area contributed by atoms with Crippen LogP contribution >= 0.6 is 0 Å². The molecule has 2 unspecified atom stereocenters. The Morgan fingerprint density at radius 1 is 1.28 bits per heavy atom. The summed E-state index contributed by atoms with van der Waals surface area (Å²) in [4.78, 5) is 21.2.